The fourth-order valence-electron chi connectivity index (χ4n) is 4.96. The van der Waals surface area contributed by atoms with E-state index in [2.05, 4.69) is 39.0 Å². The highest BCUT2D eigenvalue weighted by molar-refractivity contribution is 6.09. The second-order valence-corrected chi connectivity index (χ2v) is 9.83. The minimum Gasteiger partial charge on any atom is -0.299 e. The fraction of sp³-hybridized carbons (Fsp3) is 0.212. The van der Waals surface area contributed by atoms with Crippen LogP contribution in [0.2, 0.25) is 0 Å². The number of piperidine rings is 1. The monoisotopic (exact) mass is 499 g/mol. The first-order valence-electron chi connectivity index (χ1n) is 13.0. The van der Waals surface area contributed by atoms with E-state index in [4.69, 9.17) is 6.57 Å². The summed E-state index contributed by atoms with van der Waals surface area (Å²) in [4.78, 5) is 36.0. The van der Waals surface area contributed by atoms with Gasteiger partial charge in [-0.2, -0.15) is 0 Å². The Bertz CT molecular complexity index is 1430. The van der Waals surface area contributed by atoms with Crippen LogP contribution in [0.25, 0.3) is 16.0 Å². The standard InChI is InChI=1S/C33H29N3O2/c1-34-30-14-11-27(12-15-30)26-7-9-28(10-8-26)33(38)29-13-16-31(35-22-29)32(37)21-24-17-19-36(20-18-24)23-25-5-3-2-4-6-25/h2-16,22,24H,17-21,23H2. The predicted molar refractivity (Wildman–Crippen MR) is 149 cm³/mol. The second kappa shape index (κ2) is 11.8. The highest BCUT2D eigenvalue weighted by atomic mass is 16.1. The normalized spacial score (nSPS) is 14.1. The van der Waals surface area contributed by atoms with E-state index >= 15 is 0 Å². The van der Waals surface area contributed by atoms with Crippen molar-refractivity contribution >= 4 is 17.3 Å². The van der Waals surface area contributed by atoms with Crippen LogP contribution < -0.4 is 0 Å². The molecule has 1 aromatic heterocycles. The van der Waals surface area contributed by atoms with Crippen molar-refractivity contribution in [1.29, 1.82) is 0 Å². The van der Waals surface area contributed by atoms with E-state index in [-0.39, 0.29) is 11.6 Å². The van der Waals surface area contributed by atoms with Crippen molar-refractivity contribution in [3.63, 3.8) is 0 Å². The maximum atomic E-state index is 13.0. The second-order valence-electron chi connectivity index (χ2n) is 9.83. The van der Waals surface area contributed by atoms with E-state index < -0.39 is 0 Å². The van der Waals surface area contributed by atoms with Gasteiger partial charge in [-0.1, -0.05) is 78.9 Å². The molecule has 0 saturated carbocycles. The molecule has 0 radical (unpaired) electrons. The Morgan fingerprint density at radius 2 is 1.45 bits per heavy atom. The molecule has 0 spiro atoms. The number of carbonyl (C=O) groups is 2. The lowest BCUT2D eigenvalue weighted by molar-refractivity contribution is 0.0919. The maximum absolute atomic E-state index is 13.0. The van der Waals surface area contributed by atoms with Gasteiger partial charge in [0.25, 0.3) is 0 Å². The van der Waals surface area contributed by atoms with Crippen LogP contribution in [0.1, 0.15) is 51.2 Å². The summed E-state index contributed by atoms with van der Waals surface area (Å²) in [6.07, 6.45) is 4.02. The quantitative estimate of drug-likeness (QED) is 0.193. The average Bonchev–Trinajstić information content (AvgIpc) is 2.98. The van der Waals surface area contributed by atoms with Crippen LogP contribution in [-0.2, 0) is 6.54 Å². The molecule has 188 valence electrons. The Hall–Kier alpha value is -4.40. The molecule has 1 saturated heterocycles. The predicted octanol–water partition coefficient (Wildman–Crippen LogP) is 7.02. The highest BCUT2D eigenvalue weighted by Gasteiger charge is 2.23. The summed E-state index contributed by atoms with van der Waals surface area (Å²) in [5, 5.41) is 0. The number of pyridine rings is 1. The smallest absolute Gasteiger partial charge is 0.194 e. The Kier molecular flexibility index (Phi) is 7.82. The lowest BCUT2D eigenvalue weighted by Crippen LogP contribution is -2.34. The van der Waals surface area contributed by atoms with Crippen molar-refractivity contribution in [3.05, 3.63) is 131 Å². The van der Waals surface area contributed by atoms with E-state index in [0.29, 0.717) is 34.8 Å². The molecular formula is C33H29N3O2. The van der Waals surface area contributed by atoms with E-state index in [9.17, 15) is 9.59 Å². The van der Waals surface area contributed by atoms with E-state index in [1.807, 2.05) is 30.3 Å². The molecule has 2 heterocycles. The van der Waals surface area contributed by atoms with Gasteiger partial charge in [0.2, 0.25) is 0 Å². The highest BCUT2D eigenvalue weighted by Crippen LogP contribution is 2.25. The molecule has 5 nitrogen and oxygen atoms in total. The van der Waals surface area contributed by atoms with Gasteiger partial charge >= 0.3 is 0 Å². The number of hydrogen-bond donors (Lipinski definition) is 0. The van der Waals surface area contributed by atoms with Gasteiger partial charge < -0.3 is 0 Å². The van der Waals surface area contributed by atoms with Crippen LogP contribution in [-0.4, -0.2) is 34.5 Å². The van der Waals surface area contributed by atoms with Gasteiger partial charge in [0.15, 0.2) is 17.3 Å². The van der Waals surface area contributed by atoms with Crippen molar-refractivity contribution in [2.75, 3.05) is 13.1 Å². The molecule has 1 aliphatic rings. The number of Topliss-reactive ketones (excluding diaryl/α,β-unsaturated/α-hetero) is 1. The lowest BCUT2D eigenvalue weighted by atomic mass is 9.90. The minimum atomic E-state index is -0.128. The molecule has 5 rings (SSSR count). The Balaban J connectivity index is 1.14. The summed E-state index contributed by atoms with van der Waals surface area (Å²) in [6.45, 7) is 10.0. The van der Waals surface area contributed by atoms with E-state index in [1.165, 1.54) is 11.8 Å². The number of carbonyl (C=O) groups excluding carboxylic acids is 2. The molecule has 5 heteroatoms. The number of aromatic nitrogens is 1. The van der Waals surface area contributed by atoms with Crippen molar-refractivity contribution in [2.24, 2.45) is 5.92 Å². The summed E-state index contributed by atoms with van der Waals surface area (Å²) in [7, 11) is 0. The Morgan fingerprint density at radius 3 is 2.05 bits per heavy atom. The first-order chi connectivity index (χ1) is 18.6. The van der Waals surface area contributed by atoms with Crippen LogP contribution in [0.5, 0.6) is 0 Å². The first-order valence-corrected chi connectivity index (χ1v) is 13.0. The molecular weight excluding hydrogens is 470 g/mol. The molecule has 3 aromatic carbocycles. The van der Waals surface area contributed by atoms with Gasteiger partial charge in [0.05, 0.1) is 6.57 Å². The first kappa shape index (κ1) is 25.3. The largest absolute Gasteiger partial charge is 0.299 e. The van der Waals surface area contributed by atoms with Crippen molar-refractivity contribution in [3.8, 4) is 11.1 Å². The van der Waals surface area contributed by atoms with Crippen LogP contribution in [0.3, 0.4) is 0 Å². The van der Waals surface area contributed by atoms with Crippen molar-refractivity contribution in [2.45, 2.75) is 25.8 Å². The van der Waals surface area contributed by atoms with Gasteiger partial charge in [-0.3, -0.25) is 19.5 Å². The zero-order valence-electron chi connectivity index (χ0n) is 21.2. The van der Waals surface area contributed by atoms with Crippen molar-refractivity contribution < 1.29 is 9.59 Å². The number of likely N-dealkylation sites (tertiary alicyclic amines) is 1. The molecule has 0 unspecified atom stereocenters. The number of nitrogens with zero attached hydrogens (tertiary/aromatic N) is 3. The molecule has 1 aliphatic heterocycles. The summed E-state index contributed by atoms with van der Waals surface area (Å²) in [6, 6.07) is 28.6. The molecule has 0 bridgehead atoms. The molecule has 0 amide bonds. The van der Waals surface area contributed by atoms with Crippen LogP contribution in [0.4, 0.5) is 5.69 Å². The molecule has 0 N–H and O–H groups in total. The third kappa shape index (κ3) is 6.11. The molecule has 1 fully saturated rings. The van der Waals surface area contributed by atoms with Crippen LogP contribution in [0.15, 0.2) is 97.2 Å². The number of benzene rings is 3. The number of hydrogen-bond acceptors (Lipinski definition) is 4. The fourth-order valence-corrected chi connectivity index (χ4v) is 4.96. The lowest BCUT2D eigenvalue weighted by Gasteiger charge is -2.31. The third-order valence-corrected chi connectivity index (χ3v) is 7.22. The Morgan fingerprint density at radius 1 is 0.816 bits per heavy atom. The molecule has 4 aromatic rings. The topological polar surface area (TPSA) is 54.6 Å². The molecule has 0 atom stereocenters. The molecule has 38 heavy (non-hydrogen) atoms. The van der Waals surface area contributed by atoms with Crippen LogP contribution >= 0.6 is 0 Å². The SMILES string of the molecule is [C-]#[N+]c1ccc(-c2ccc(C(=O)c3ccc(C(=O)CC4CCN(Cc5ccccc5)CC4)nc3)cc2)cc1. The minimum absolute atomic E-state index is 0.0408. The average molecular weight is 500 g/mol. The maximum Gasteiger partial charge on any atom is 0.194 e. The van der Waals surface area contributed by atoms with E-state index in [0.717, 1.165) is 43.6 Å². The zero-order valence-corrected chi connectivity index (χ0v) is 21.2. The van der Waals surface area contributed by atoms with Gasteiger partial charge in [-0.05, 0) is 60.7 Å². The summed E-state index contributed by atoms with van der Waals surface area (Å²) < 4.78 is 0. The van der Waals surface area contributed by atoms with Gasteiger partial charge in [-0.15, -0.1) is 0 Å². The van der Waals surface area contributed by atoms with Crippen molar-refractivity contribution in [1.82, 2.24) is 9.88 Å². The molecule has 0 aliphatic carbocycles. The van der Waals surface area contributed by atoms with Gasteiger partial charge in [0, 0.05) is 30.3 Å². The number of rotatable bonds is 8. The van der Waals surface area contributed by atoms with Gasteiger partial charge in [0.1, 0.15) is 5.69 Å². The summed E-state index contributed by atoms with van der Waals surface area (Å²) in [5.74, 6) is 0.282. The van der Waals surface area contributed by atoms with E-state index in [1.54, 1.807) is 36.4 Å². The summed E-state index contributed by atoms with van der Waals surface area (Å²) in [5.41, 5.74) is 5.33. The third-order valence-electron chi connectivity index (χ3n) is 7.22. The summed E-state index contributed by atoms with van der Waals surface area (Å²) >= 11 is 0. The zero-order chi connectivity index (χ0) is 26.3. The Labute approximate surface area is 223 Å². The number of ketones is 2. The van der Waals surface area contributed by atoms with Crippen LogP contribution in [0, 0.1) is 12.5 Å². The van der Waals surface area contributed by atoms with Gasteiger partial charge in [-0.25, -0.2) is 4.85 Å².